The Balaban J connectivity index is 2.25. The minimum atomic E-state index is -3.95. The Bertz CT molecular complexity index is 713. The highest BCUT2D eigenvalue weighted by molar-refractivity contribution is 9.11. The monoisotopic (exact) mass is 415 g/mol. The van der Waals surface area contributed by atoms with Gasteiger partial charge < -0.3 is 4.74 Å². The topological polar surface area (TPSA) is 63.7 Å². The number of carbonyl (C=O) groups is 1. The average Bonchev–Trinajstić information content (AvgIpc) is 2.94. The molecule has 24 heavy (non-hydrogen) atoms. The number of benzene rings is 1. The molecular weight excluding hydrogens is 394 g/mol. The van der Waals surface area contributed by atoms with Crippen molar-refractivity contribution in [1.29, 1.82) is 0 Å². The summed E-state index contributed by atoms with van der Waals surface area (Å²) in [4.78, 5) is 12.1. The zero-order chi connectivity index (χ0) is 17.7. The number of nitrogens with zero attached hydrogens (tertiary/aromatic N) is 1. The number of halogens is 1. The van der Waals surface area contributed by atoms with Gasteiger partial charge in [0.2, 0.25) is 0 Å². The number of cyclic esters (lactones) is 1. The van der Waals surface area contributed by atoms with Crippen LogP contribution >= 0.6 is 15.9 Å². The average molecular weight is 416 g/mol. The molecule has 1 aliphatic rings. The third-order valence-corrected chi connectivity index (χ3v) is 6.51. The lowest BCUT2D eigenvalue weighted by Crippen LogP contribution is -2.39. The predicted molar refractivity (Wildman–Crippen MR) is 96.5 cm³/mol. The van der Waals surface area contributed by atoms with Crippen LogP contribution < -0.4 is 0 Å². The third kappa shape index (κ3) is 4.19. The maximum atomic E-state index is 12.8. The molecule has 7 heteroatoms. The fourth-order valence-corrected chi connectivity index (χ4v) is 4.63. The van der Waals surface area contributed by atoms with Crippen molar-refractivity contribution in [3.63, 3.8) is 0 Å². The van der Waals surface area contributed by atoms with E-state index >= 15 is 0 Å². The summed E-state index contributed by atoms with van der Waals surface area (Å²) in [6, 6.07) is 5.78. The standard InChI is InChI=1S/C17H22BrNO4S/c1-3-4-5-6-7-15(18)16-12-23-17(20)19(16)24(21,22)14-10-8-13(2)9-11-14/h7-11,16H,3-6,12H2,1-2H3/b15-7+. The number of hydrogen-bond donors (Lipinski definition) is 0. The largest absolute Gasteiger partial charge is 0.446 e. The third-order valence-electron chi connectivity index (χ3n) is 3.87. The molecule has 1 heterocycles. The molecule has 0 saturated carbocycles. The number of unbranched alkanes of at least 4 members (excludes halogenated alkanes) is 3. The van der Waals surface area contributed by atoms with Crippen molar-refractivity contribution in [3.8, 4) is 0 Å². The first-order chi connectivity index (χ1) is 11.4. The molecule has 0 bridgehead atoms. The van der Waals surface area contributed by atoms with E-state index in [1.165, 1.54) is 12.1 Å². The van der Waals surface area contributed by atoms with Crippen LogP contribution in [0.25, 0.3) is 0 Å². The Kier molecular flexibility index (Phi) is 6.46. The fourth-order valence-electron chi connectivity index (χ4n) is 2.46. The second kappa shape index (κ2) is 8.16. The summed E-state index contributed by atoms with van der Waals surface area (Å²) in [5.41, 5.74) is 0.950. The van der Waals surface area contributed by atoms with Crippen LogP contribution in [-0.2, 0) is 14.8 Å². The quantitative estimate of drug-likeness (QED) is 0.620. The highest BCUT2D eigenvalue weighted by Gasteiger charge is 2.43. The molecule has 1 fully saturated rings. The first kappa shape index (κ1) is 19.0. The number of aryl methyl sites for hydroxylation is 1. The smallest absolute Gasteiger partial charge is 0.424 e. The molecule has 1 unspecified atom stereocenters. The highest BCUT2D eigenvalue weighted by Crippen LogP contribution is 2.30. The maximum Gasteiger partial charge on any atom is 0.424 e. The number of ether oxygens (including phenoxy) is 1. The number of allylic oxidation sites excluding steroid dienone is 1. The van der Waals surface area contributed by atoms with Crippen molar-refractivity contribution >= 4 is 32.0 Å². The molecule has 1 amide bonds. The van der Waals surface area contributed by atoms with Gasteiger partial charge in [-0.3, -0.25) is 0 Å². The minimum Gasteiger partial charge on any atom is -0.446 e. The first-order valence-corrected chi connectivity index (χ1v) is 10.2. The number of sulfonamides is 1. The van der Waals surface area contributed by atoms with E-state index in [0.29, 0.717) is 4.48 Å². The van der Waals surface area contributed by atoms with Crippen LogP contribution in [0.1, 0.15) is 38.2 Å². The summed E-state index contributed by atoms with van der Waals surface area (Å²) >= 11 is 3.42. The molecule has 0 aromatic heterocycles. The molecule has 1 saturated heterocycles. The van der Waals surface area contributed by atoms with Gasteiger partial charge in [0.15, 0.2) is 0 Å². The zero-order valence-electron chi connectivity index (χ0n) is 13.9. The Labute approximate surface area is 151 Å². The van der Waals surface area contributed by atoms with Gasteiger partial charge in [-0.15, -0.1) is 0 Å². The van der Waals surface area contributed by atoms with E-state index in [-0.39, 0.29) is 11.5 Å². The number of hydrogen-bond acceptors (Lipinski definition) is 4. The van der Waals surface area contributed by atoms with Crippen LogP contribution in [0.2, 0.25) is 0 Å². The molecule has 1 aliphatic heterocycles. The van der Waals surface area contributed by atoms with Crippen LogP contribution in [0.3, 0.4) is 0 Å². The van der Waals surface area contributed by atoms with Crippen LogP contribution in [0.5, 0.6) is 0 Å². The molecule has 1 atom stereocenters. The molecule has 1 aromatic rings. The molecule has 0 spiro atoms. The van der Waals surface area contributed by atoms with Gasteiger partial charge in [0, 0.05) is 4.48 Å². The second-order valence-electron chi connectivity index (χ2n) is 5.79. The van der Waals surface area contributed by atoms with Gasteiger partial charge in [0.25, 0.3) is 10.0 Å². The van der Waals surface area contributed by atoms with Crippen LogP contribution in [0.15, 0.2) is 39.7 Å². The van der Waals surface area contributed by atoms with E-state index < -0.39 is 22.2 Å². The van der Waals surface area contributed by atoms with Gasteiger partial charge in [-0.25, -0.2) is 13.2 Å². The van der Waals surface area contributed by atoms with Crippen molar-refractivity contribution < 1.29 is 17.9 Å². The highest BCUT2D eigenvalue weighted by atomic mass is 79.9. The van der Waals surface area contributed by atoms with E-state index in [1.54, 1.807) is 12.1 Å². The second-order valence-corrected chi connectivity index (χ2v) is 8.52. The van der Waals surface area contributed by atoms with Crippen LogP contribution in [0, 0.1) is 6.92 Å². The van der Waals surface area contributed by atoms with E-state index in [1.807, 2.05) is 13.0 Å². The van der Waals surface area contributed by atoms with Crippen LogP contribution in [-0.4, -0.2) is 31.5 Å². The number of carbonyl (C=O) groups excluding carboxylic acids is 1. The lowest BCUT2D eigenvalue weighted by atomic mass is 10.2. The van der Waals surface area contributed by atoms with Crippen molar-refractivity contribution in [1.82, 2.24) is 4.31 Å². The lowest BCUT2D eigenvalue weighted by Gasteiger charge is -2.21. The van der Waals surface area contributed by atoms with Gasteiger partial charge in [-0.05, 0) is 31.9 Å². The number of rotatable bonds is 7. The van der Waals surface area contributed by atoms with Crippen molar-refractivity contribution in [3.05, 3.63) is 40.4 Å². The lowest BCUT2D eigenvalue weighted by molar-refractivity contribution is 0.170. The predicted octanol–water partition coefficient (Wildman–Crippen LogP) is 4.36. The molecule has 5 nitrogen and oxygen atoms in total. The Morgan fingerprint density at radius 3 is 2.62 bits per heavy atom. The van der Waals surface area contributed by atoms with E-state index in [9.17, 15) is 13.2 Å². The summed E-state index contributed by atoms with van der Waals surface area (Å²) in [5.74, 6) is 0. The zero-order valence-corrected chi connectivity index (χ0v) is 16.3. The Morgan fingerprint density at radius 1 is 1.33 bits per heavy atom. The van der Waals surface area contributed by atoms with Gasteiger partial charge in [0.1, 0.15) is 12.6 Å². The van der Waals surface area contributed by atoms with Crippen molar-refractivity contribution in [2.75, 3.05) is 6.61 Å². The molecule has 2 rings (SSSR count). The maximum absolute atomic E-state index is 12.8. The van der Waals surface area contributed by atoms with Gasteiger partial charge >= 0.3 is 6.09 Å². The molecule has 1 aromatic carbocycles. The molecule has 0 N–H and O–H groups in total. The van der Waals surface area contributed by atoms with Crippen molar-refractivity contribution in [2.45, 2.75) is 50.5 Å². The van der Waals surface area contributed by atoms with Crippen LogP contribution in [0.4, 0.5) is 4.79 Å². The molecular formula is C17H22BrNO4S. The first-order valence-electron chi connectivity index (χ1n) is 8.01. The summed E-state index contributed by atoms with van der Waals surface area (Å²) < 4.78 is 32.1. The Hall–Kier alpha value is -1.34. The normalized spacial score (nSPS) is 18.8. The Morgan fingerprint density at radius 2 is 2.00 bits per heavy atom. The van der Waals surface area contributed by atoms with Gasteiger partial charge in [-0.2, -0.15) is 4.31 Å². The van der Waals surface area contributed by atoms with Gasteiger partial charge in [0.05, 0.1) is 4.90 Å². The molecule has 0 aliphatic carbocycles. The van der Waals surface area contributed by atoms with E-state index in [2.05, 4.69) is 22.9 Å². The minimum absolute atomic E-state index is 0.0226. The summed E-state index contributed by atoms with van der Waals surface area (Å²) in [7, 11) is -3.95. The summed E-state index contributed by atoms with van der Waals surface area (Å²) in [5, 5.41) is 0. The van der Waals surface area contributed by atoms with E-state index in [0.717, 1.165) is 35.6 Å². The van der Waals surface area contributed by atoms with Gasteiger partial charge in [-0.1, -0.05) is 59.5 Å². The number of amides is 1. The SMILES string of the molecule is CCCCC/C=C(/Br)C1COC(=O)N1S(=O)(=O)c1ccc(C)cc1. The summed E-state index contributed by atoms with van der Waals surface area (Å²) in [6.45, 7) is 4.02. The summed E-state index contributed by atoms with van der Waals surface area (Å²) in [6.07, 6.45) is 5.18. The molecule has 132 valence electrons. The van der Waals surface area contributed by atoms with E-state index in [4.69, 9.17) is 4.74 Å². The van der Waals surface area contributed by atoms with Crippen molar-refractivity contribution in [2.24, 2.45) is 0 Å². The fraction of sp³-hybridized carbons (Fsp3) is 0.471. The molecule has 0 radical (unpaired) electrons.